The molecule has 0 amide bonds. The lowest BCUT2D eigenvalue weighted by Gasteiger charge is -2.15. The van der Waals surface area contributed by atoms with Gasteiger partial charge in [-0.15, -0.1) is 0 Å². The first-order chi connectivity index (χ1) is 16.2. The second kappa shape index (κ2) is 10.5. The molecule has 0 fully saturated rings. The van der Waals surface area contributed by atoms with Crippen molar-refractivity contribution in [2.45, 2.75) is 13.8 Å². The number of ether oxygens (including phenoxy) is 2. The summed E-state index contributed by atoms with van der Waals surface area (Å²) in [4.78, 5) is 23.6. The Balaban J connectivity index is 2.04. The molecule has 0 saturated heterocycles. The van der Waals surface area contributed by atoms with Gasteiger partial charge in [-0.3, -0.25) is 10.1 Å². The lowest BCUT2D eigenvalue weighted by atomic mass is 10.0. The molecule has 11 heteroatoms. The monoisotopic (exact) mass is 501 g/mol. The van der Waals surface area contributed by atoms with Crippen LogP contribution in [0.2, 0.25) is 10.0 Å². The Labute approximate surface area is 206 Å². The van der Waals surface area contributed by atoms with Gasteiger partial charge in [0.2, 0.25) is 5.96 Å². The minimum Gasteiger partial charge on any atom is -0.495 e. The summed E-state index contributed by atoms with van der Waals surface area (Å²) in [5.41, 5.74) is 2.62. The van der Waals surface area contributed by atoms with Crippen molar-refractivity contribution in [3.05, 3.63) is 67.8 Å². The van der Waals surface area contributed by atoms with E-state index in [1.807, 2.05) is 0 Å². The predicted octanol–water partition coefficient (Wildman–Crippen LogP) is 6.40. The van der Waals surface area contributed by atoms with E-state index in [0.717, 1.165) is 0 Å². The number of aliphatic imine (C=N–C) groups is 2. The average Bonchev–Trinajstić information content (AvgIpc) is 2.81. The highest BCUT2D eigenvalue weighted by Crippen LogP contribution is 2.46. The first kappa shape index (κ1) is 24.9. The Morgan fingerprint density at radius 3 is 2.29 bits per heavy atom. The van der Waals surface area contributed by atoms with Crippen molar-refractivity contribution in [1.29, 1.82) is 0 Å². The van der Waals surface area contributed by atoms with Gasteiger partial charge < -0.3 is 14.8 Å². The maximum absolute atomic E-state index is 11.4. The number of rotatable bonds is 6. The molecule has 0 aliphatic carbocycles. The van der Waals surface area contributed by atoms with E-state index < -0.39 is 4.92 Å². The van der Waals surface area contributed by atoms with E-state index in [9.17, 15) is 10.1 Å². The summed E-state index contributed by atoms with van der Waals surface area (Å²) >= 11 is 13.0. The maximum atomic E-state index is 11.4. The first-order valence-corrected chi connectivity index (χ1v) is 10.6. The summed E-state index contributed by atoms with van der Waals surface area (Å²) < 4.78 is 10.7. The van der Waals surface area contributed by atoms with E-state index in [-0.39, 0.29) is 17.3 Å². The summed E-state index contributed by atoms with van der Waals surface area (Å²) in [7, 11) is 2.99. The second-order valence-corrected chi connectivity index (χ2v) is 7.85. The Bertz CT molecular complexity index is 1280. The first-order valence-electron chi connectivity index (χ1n) is 9.85. The second-order valence-electron chi connectivity index (χ2n) is 7.09. The number of aromatic nitrogens is 1. The summed E-state index contributed by atoms with van der Waals surface area (Å²) in [5, 5.41) is 14.9. The molecule has 3 rings (SSSR count). The van der Waals surface area contributed by atoms with Gasteiger partial charge in [0.15, 0.2) is 5.82 Å². The number of nitro benzene ring substituents is 1. The molecule has 0 atom stereocenters. The minimum absolute atomic E-state index is 0.0554. The topological polar surface area (TPSA) is 111 Å². The van der Waals surface area contributed by atoms with Gasteiger partial charge >= 0.3 is 0 Å². The summed E-state index contributed by atoms with van der Waals surface area (Å²) in [6.07, 6.45) is 1.55. The molecule has 1 aromatic heterocycles. The van der Waals surface area contributed by atoms with Crippen LogP contribution in [0.25, 0.3) is 11.1 Å². The van der Waals surface area contributed by atoms with Gasteiger partial charge in [0.25, 0.3) is 5.69 Å². The number of hydrogen-bond donors (Lipinski definition) is 1. The molecule has 2 aromatic carbocycles. The average molecular weight is 502 g/mol. The highest BCUT2D eigenvalue weighted by atomic mass is 35.5. The van der Waals surface area contributed by atoms with Crippen LogP contribution in [0, 0.1) is 24.0 Å². The predicted molar refractivity (Wildman–Crippen MR) is 136 cm³/mol. The number of para-hydroxylation sites is 1. The Hall–Kier alpha value is -3.69. The van der Waals surface area contributed by atoms with E-state index in [1.165, 1.54) is 20.3 Å². The molecule has 0 aliphatic rings. The van der Waals surface area contributed by atoms with Crippen molar-refractivity contribution >= 4 is 53.1 Å². The van der Waals surface area contributed by atoms with Crippen molar-refractivity contribution in [3.8, 4) is 22.6 Å². The summed E-state index contributed by atoms with van der Waals surface area (Å²) in [6, 6.07) is 8.14. The number of anilines is 1. The Morgan fingerprint density at radius 2 is 1.76 bits per heavy atom. The molecule has 1 N–H and O–H groups in total. The van der Waals surface area contributed by atoms with Crippen molar-refractivity contribution in [2.75, 3.05) is 19.5 Å². The summed E-state index contributed by atoms with van der Waals surface area (Å²) in [5.74, 6) is 1.19. The number of methoxy groups -OCH3 is 2. The standard InChI is InChI=1S/C23H21Cl2N5O4/c1-12-7-6-8-15(30(31)32)21(12)28-23(26-3)29-22-13(2)9-14(11-27-22)18-19(24)16(33-4)10-17(34-5)20(18)25/h6-11H,3H2,1-2,4-5H3,(H,27,28,29). The van der Waals surface area contributed by atoms with Gasteiger partial charge in [0.1, 0.15) is 17.2 Å². The fraction of sp³-hybridized carbons (Fsp3) is 0.174. The number of guanidine groups is 1. The number of nitrogens with zero attached hydrogens (tertiary/aromatic N) is 4. The number of nitro groups is 1. The van der Waals surface area contributed by atoms with Crippen LogP contribution >= 0.6 is 23.2 Å². The smallest absolute Gasteiger partial charge is 0.293 e. The van der Waals surface area contributed by atoms with Crippen LogP contribution in [0.1, 0.15) is 11.1 Å². The fourth-order valence-electron chi connectivity index (χ4n) is 3.24. The third-order valence-electron chi connectivity index (χ3n) is 4.96. The molecule has 0 unspecified atom stereocenters. The van der Waals surface area contributed by atoms with Crippen molar-refractivity contribution in [1.82, 2.24) is 4.98 Å². The molecule has 0 radical (unpaired) electrons. The number of pyridine rings is 1. The Kier molecular flexibility index (Phi) is 7.70. The fourth-order valence-corrected chi connectivity index (χ4v) is 3.96. The molecule has 1 heterocycles. The van der Waals surface area contributed by atoms with Gasteiger partial charge in [0.05, 0.1) is 29.2 Å². The van der Waals surface area contributed by atoms with Crippen LogP contribution in [0.15, 0.2) is 46.5 Å². The molecule has 9 nitrogen and oxygen atoms in total. The van der Waals surface area contributed by atoms with Crippen molar-refractivity contribution in [2.24, 2.45) is 9.98 Å². The molecule has 176 valence electrons. The lowest BCUT2D eigenvalue weighted by molar-refractivity contribution is -0.383. The van der Waals surface area contributed by atoms with E-state index in [0.29, 0.717) is 49.6 Å². The number of hydrogen-bond acceptors (Lipinski definition) is 6. The maximum Gasteiger partial charge on any atom is 0.293 e. The van der Waals surface area contributed by atoms with E-state index >= 15 is 0 Å². The van der Waals surface area contributed by atoms with Gasteiger partial charge in [-0.1, -0.05) is 35.3 Å². The van der Waals surface area contributed by atoms with Crippen molar-refractivity contribution in [3.63, 3.8) is 0 Å². The van der Waals surface area contributed by atoms with Crippen LogP contribution in [-0.4, -0.2) is 36.8 Å². The molecular formula is C23H21Cl2N5O4. The third kappa shape index (κ3) is 4.95. The van der Waals surface area contributed by atoms with E-state index in [2.05, 4.69) is 27.0 Å². The van der Waals surface area contributed by atoms with Crippen LogP contribution in [-0.2, 0) is 0 Å². The number of halogens is 2. The van der Waals surface area contributed by atoms with Crippen LogP contribution in [0.5, 0.6) is 11.5 Å². The zero-order valence-corrected chi connectivity index (χ0v) is 20.4. The highest BCUT2D eigenvalue weighted by Gasteiger charge is 2.20. The summed E-state index contributed by atoms with van der Waals surface area (Å²) in [6.45, 7) is 7.05. The number of aryl methyl sites for hydroxylation is 2. The number of benzene rings is 2. The van der Waals surface area contributed by atoms with Crippen LogP contribution in [0.3, 0.4) is 0 Å². The molecule has 3 aromatic rings. The Morgan fingerprint density at radius 1 is 1.12 bits per heavy atom. The van der Waals surface area contributed by atoms with Crippen LogP contribution < -0.4 is 14.8 Å². The molecule has 0 aliphatic heterocycles. The molecule has 0 saturated carbocycles. The van der Waals surface area contributed by atoms with Gasteiger partial charge in [0, 0.05) is 29.5 Å². The van der Waals surface area contributed by atoms with E-state index in [1.54, 1.807) is 44.3 Å². The molecule has 0 bridgehead atoms. The number of nitrogens with one attached hydrogen (secondary N) is 1. The SMILES string of the molecule is C=N/C(=N\c1ncc(-c2c(Cl)c(OC)cc(OC)c2Cl)cc1C)Nc1c(C)cccc1[N+](=O)[O-]. The quantitative estimate of drug-likeness (QED) is 0.181. The van der Waals surface area contributed by atoms with Gasteiger partial charge in [-0.05, 0) is 37.8 Å². The molecule has 0 spiro atoms. The van der Waals surface area contributed by atoms with Gasteiger partial charge in [-0.25, -0.2) is 9.98 Å². The van der Waals surface area contributed by atoms with E-state index in [4.69, 9.17) is 32.7 Å². The molecule has 34 heavy (non-hydrogen) atoms. The largest absolute Gasteiger partial charge is 0.495 e. The zero-order chi connectivity index (χ0) is 25.0. The lowest BCUT2D eigenvalue weighted by Crippen LogP contribution is -2.11. The normalized spacial score (nSPS) is 11.2. The zero-order valence-electron chi connectivity index (χ0n) is 18.8. The van der Waals surface area contributed by atoms with Gasteiger partial charge in [-0.2, -0.15) is 4.99 Å². The minimum atomic E-state index is -0.482. The van der Waals surface area contributed by atoms with Crippen molar-refractivity contribution < 1.29 is 14.4 Å². The third-order valence-corrected chi connectivity index (χ3v) is 5.71. The highest BCUT2D eigenvalue weighted by molar-refractivity contribution is 6.41. The van der Waals surface area contributed by atoms with Crippen LogP contribution in [0.4, 0.5) is 17.2 Å². The molecular weight excluding hydrogens is 481 g/mol.